The molecule has 1 N–H and O–H groups in total. The average Bonchev–Trinajstić information content (AvgIpc) is 3.14. The third kappa shape index (κ3) is 4.37. The number of anilines is 1. The Kier molecular flexibility index (Phi) is 6.12. The quantitative estimate of drug-likeness (QED) is 0.448. The fourth-order valence-corrected chi connectivity index (χ4v) is 4.60. The number of benzene rings is 3. The SMILES string of the molecule is O[C@H](CON=C1c2ccccc2-c2ccccc21)CN1CCN(c2ccc(Cl)cc2)CC1. The van der Waals surface area contributed by atoms with E-state index in [-0.39, 0.29) is 6.61 Å². The van der Waals surface area contributed by atoms with Crippen LogP contribution in [0.1, 0.15) is 11.1 Å². The van der Waals surface area contributed by atoms with E-state index in [1.54, 1.807) is 0 Å². The van der Waals surface area contributed by atoms with Crippen molar-refractivity contribution >= 4 is 23.0 Å². The van der Waals surface area contributed by atoms with Gasteiger partial charge in [-0.1, -0.05) is 65.3 Å². The summed E-state index contributed by atoms with van der Waals surface area (Å²) < 4.78 is 0. The molecule has 5 nitrogen and oxygen atoms in total. The number of hydrogen-bond donors (Lipinski definition) is 1. The van der Waals surface area contributed by atoms with E-state index in [4.69, 9.17) is 16.4 Å². The predicted molar refractivity (Wildman–Crippen MR) is 130 cm³/mol. The van der Waals surface area contributed by atoms with Gasteiger partial charge in [-0.2, -0.15) is 0 Å². The topological polar surface area (TPSA) is 48.3 Å². The van der Waals surface area contributed by atoms with E-state index in [9.17, 15) is 5.11 Å². The second-order valence-corrected chi connectivity index (χ2v) is 8.68. The predicted octanol–water partition coefficient (Wildman–Crippen LogP) is 4.27. The van der Waals surface area contributed by atoms with Crippen LogP contribution in [0.4, 0.5) is 5.69 Å². The highest BCUT2D eigenvalue weighted by atomic mass is 35.5. The second kappa shape index (κ2) is 9.33. The Balaban J connectivity index is 1.15. The number of nitrogens with zero attached hydrogens (tertiary/aromatic N) is 3. The Morgan fingerprint density at radius 2 is 1.38 bits per heavy atom. The minimum atomic E-state index is -0.590. The van der Waals surface area contributed by atoms with Gasteiger partial charge in [0.2, 0.25) is 0 Å². The standard InChI is InChI=1S/C26H26ClN3O2/c27-19-9-11-20(12-10-19)30-15-13-29(14-16-30)17-21(31)18-32-28-26-24-7-3-1-5-22(24)23-6-2-4-8-25(23)26/h1-12,21,31H,13-18H2/t21-/m0/s1. The summed E-state index contributed by atoms with van der Waals surface area (Å²) >= 11 is 5.99. The Labute approximate surface area is 193 Å². The molecule has 0 radical (unpaired) electrons. The Morgan fingerprint density at radius 1 is 0.812 bits per heavy atom. The van der Waals surface area contributed by atoms with Gasteiger partial charge in [0.15, 0.2) is 0 Å². The summed E-state index contributed by atoms with van der Waals surface area (Å²) in [6.07, 6.45) is -0.590. The Morgan fingerprint density at radius 3 is 1.97 bits per heavy atom. The fourth-order valence-electron chi connectivity index (χ4n) is 4.47. The minimum absolute atomic E-state index is 0.172. The van der Waals surface area contributed by atoms with Gasteiger partial charge in [0, 0.05) is 54.6 Å². The Bertz CT molecular complexity index is 1060. The zero-order valence-electron chi connectivity index (χ0n) is 17.8. The largest absolute Gasteiger partial charge is 0.392 e. The van der Waals surface area contributed by atoms with Gasteiger partial charge >= 0.3 is 0 Å². The summed E-state index contributed by atoms with van der Waals surface area (Å²) in [5.41, 5.74) is 6.50. The third-order valence-electron chi connectivity index (χ3n) is 6.11. The van der Waals surface area contributed by atoms with E-state index in [0.717, 1.165) is 48.0 Å². The summed E-state index contributed by atoms with van der Waals surface area (Å²) in [7, 11) is 0. The lowest BCUT2D eigenvalue weighted by atomic mass is 10.1. The van der Waals surface area contributed by atoms with Gasteiger partial charge in [-0.25, -0.2) is 0 Å². The number of hydrogen-bond acceptors (Lipinski definition) is 5. The number of aliphatic hydroxyl groups excluding tert-OH is 1. The first-order valence-electron chi connectivity index (χ1n) is 11.0. The van der Waals surface area contributed by atoms with Gasteiger partial charge in [0.1, 0.15) is 18.4 Å². The summed E-state index contributed by atoms with van der Waals surface area (Å²) in [5, 5.41) is 15.7. The van der Waals surface area contributed by atoms with E-state index >= 15 is 0 Å². The van der Waals surface area contributed by atoms with E-state index < -0.39 is 6.10 Å². The van der Waals surface area contributed by atoms with Gasteiger partial charge in [0.25, 0.3) is 0 Å². The average molecular weight is 448 g/mol. The molecule has 1 heterocycles. The zero-order valence-corrected chi connectivity index (χ0v) is 18.6. The maximum atomic E-state index is 10.5. The molecular formula is C26H26ClN3O2. The van der Waals surface area contributed by atoms with Crippen LogP contribution in [0.5, 0.6) is 0 Å². The van der Waals surface area contributed by atoms with Crippen LogP contribution in [0.2, 0.25) is 5.02 Å². The highest BCUT2D eigenvalue weighted by Crippen LogP contribution is 2.36. The molecule has 2 aliphatic rings. The van der Waals surface area contributed by atoms with Crippen LogP contribution in [0.3, 0.4) is 0 Å². The van der Waals surface area contributed by atoms with E-state index in [1.165, 1.54) is 16.8 Å². The zero-order chi connectivity index (χ0) is 21.9. The summed E-state index contributed by atoms with van der Waals surface area (Å²) in [6, 6.07) is 24.4. The molecule has 1 fully saturated rings. The van der Waals surface area contributed by atoms with Crippen molar-refractivity contribution in [1.29, 1.82) is 0 Å². The highest BCUT2D eigenvalue weighted by Gasteiger charge is 2.25. The third-order valence-corrected chi connectivity index (χ3v) is 6.36. The van der Waals surface area contributed by atoms with Crippen LogP contribution in [-0.2, 0) is 4.84 Å². The van der Waals surface area contributed by atoms with Gasteiger partial charge in [0.05, 0.1) is 0 Å². The van der Waals surface area contributed by atoms with E-state index in [0.29, 0.717) is 6.54 Å². The maximum absolute atomic E-state index is 10.5. The lowest BCUT2D eigenvalue weighted by Gasteiger charge is -2.36. The van der Waals surface area contributed by atoms with Crippen molar-refractivity contribution < 1.29 is 9.94 Å². The monoisotopic (exact) mass is 447 g/mol. The molecule has 1 aliphatic heterocycles. The fraction of sp³-hybridized carbons (Fsp3) is 0.269. The van der Waals surface area contributed by atoms with Crippen LogP contribution in [0, 0.1) is 0 Å². The van der Waals surface area contributed by atoms with Crippen LogP contribution >= 0.6 is 11.6 Å². The van der Waals surface area contributed by atoms with Crippen molar-refractivity contribution in [3.63, 3.8) is 0 Å². The Hall–Kier alpha value is -2.86. The number of β-amino-alcohol motifs (C(OH)–C–C–N with tert-alkyl or cyclic N) is 1. The smallest absolute Gasteiger partial charge is 0.144 e. The van der Waals surface area contributed by atoms with Gasteiger partial charge in [-0.15, -0.1) is 0 Å². The number of oxime groups is 1. The number of fused-ring (bicyclic) bond motifs is 3. The summed E-state index contributed by atoms with van der Waals surface area (Å²) in [5.74, 6) is 0. The van der Waals surface area contributed by atoms with Crippen LogP contribution in [0.15, 0.2) is 78.0 Å². The van der Waals surface area contributed by atoms with Crippen LogP contribution in [-0.4, -0.2) is 61.2 Å². The van der Waals surface area contributed by atoms with Crippen LogP contribution in [0.25, 0.3) is 11.1 Å². The van der Waals surface area contributed by atoms with E-state index in [1.807, 2.05) is 36.4 Å². The van der Waals surface area contributed by atoms with Gasteiger partial charge in [-0.3, -0.25) is 4.90 Å². The van der Waals surface area contributed by atoms with Crippen LogP contribution < -0.4 is 4.90 Å². The molecule has 5 rings (SSSR count). The molecule has 3 aromatic rings. The van der Waals surface area contributed by atoms with Gasteiger partial charge in [-0.05, 0) is 35.4 Å². The van der Waals surface area contributed by atoms with Crippen molar-refractivity contribution in [2.75, 3.05) is 44.2 Å². The number of rotatable bonds is 6. The first-order chi connectivity index (χ1) is 15.7. The first kappa shape index (κ1) is 21.0. The molecule has 1 atom stereocenters. The summed E-state index contributed by atoms with van der Waals surface area (Å²) in [4.78, 5) is 10.2. The van der Waals surface area contributed by atoms with Crippen molar-refractivity contribution in [3.05, 3.63) is 88.9 Å². The maximum Gasteiger partial charge on any atom is 0.144 e. The molecule has 6 heteroatoms. The lowest BCUT2D eigenvalue weighted by molar-refractivity contribution is 0.0183. The molecule has 0 aromatic heterocycles. The van der Waals surface area contributed by atoms with Gasteiger partial charge < -0.3 is 14.8 Å². The molecule has 1 aliphatic carbocycles. The molecule has 32 heavy (non-hydrogen) atoms. The first-order valence-corrected chi connectivity index (χ1v) is 11.4. The highest BCUT2D eigenvalue weighted by molar-refractivity contribution is 6.30. The van der Waals surface area contributed by atoms with Crippen molar-refractivity contribution in [2.45, 2.75) is 6.10 Å². The molecule has 0 unspecified atom stereocenters. The van der Waals surface area contributed by atoms with Crippen molar-refractivity contribution in [2.24, 2.45) is 5.16 Å². The number of piperazine rings is 1. The summed E-state index contributed by atoms with van der Waals surface area (Å²) in [6.45, 7) is 4.39. The minimum Gasteiger partial charge on any atom is -0.392 e. The van der Waals surface area contributed by atoms with Crippen molar-refractivity contribution in [3.8, 4) is 11.1 Å². The number of halogens is 1. The number of aliphatic hydroxyl groups is 1. The molecule has 0 amide bonds. The molecule has 164 valence electrons. The molecule has 0 spiro atoms. The second-order valence-electron chi connectivity index (χ2n) is 8.24. The normalized spacial score (nSPS) is 16.4. The lowest BCUT2D eigenvalue weighted by Crippen LogP contribution is -2.49. The molecule has 0 bridgehead atoms. The molecule has 1 saturated heterocycles. The molecule has 0 saturated carbocycles. The van der Waals surface area contributed by atoms with E-state index in [2.05, 4.69) is 51.4 Å². The van der Waals surface area contributed by atoms with Crippen molar-refractivity contribution in [1.82, 2.24) is 4.90 Å². The molecular weight excluding hydrogens is 422 g/mol. The molecule has 3 aromatic carbocycles.